The first-order chi connectivity index (χ1) is 7.15. The zero-order chi connectivity index (χ0) is 11.3. The number of benzene rings is 1. The minimum atomic E-state index is -0.897. The summed E-state index contributed by atoms with van der Waals surface area (Å²) in [6, 6.07) is 7.70. The first kappa shape index (κ1) is 11.2. The summed E-state index contributed by atoms with van der Waals surface area (Å²) >= 11 is 0. The fourth-order valence-corrected chi connectivity index (χ4v) is 1.17. The summed E-state index contributed by atoms with van der Waals surface area (Å²) in [5.74, 6) is -1.30. The molecule has 15 heavy (non-hydrogen) atoms. The van der Waals surface area contributed by atoms with E-state index in [4.69, 9.17) is 10.8 Å². The number of hydrogen-bond acceptors (Lipinski definition) is 3. The molecule has 0 aliphatic heterocycles. The highest BCUT2D eigenvalue weighted by molar-refractivity contribution is 5.87. The minimum Gasteiger partial charge on any atom is -0.387 e. The Morgan fingerprint density at radius 3 is 2.40 bits per heavy atom. The van der Waals surface area contributed by atoms with Gasteiger partial charge in [-0.2, -0.15) is 0 Å². The maximum atomic E-state index is 11.1. The van der Waals surface area contributed by atoms with Gasteiger partial charge in [-0.25, -0.2) is 0 Å². The Kier molecular flexibility index (Phi) is 3.82. The van der Waals surface area contributed by atoms with Crippen molar-refractivity contribution in [1.29, 1.82) is 0 Å². The van der Waals surface area contributed by atoms with Gasteiger partial charge in [0.05, 0.1) is 0 Å². The SMILES string of the molecule is NC(=O)C(NC(=O)CO)c1ccccc1. The number of carbonyl (C=O) groups excluding carboxylic acids is 2. The van der Waals surface area contributed by atoms with E-state index in [1.807, 2.05) is 0 Å². The van der Waals surface area contributed by atoms with Crippen molar-refractivity contribution >= 4 is 11.8 Å². The third kappa shape index (κ3) is 3.07. The second kappa shape index (κ2) is 5.11. The number of primary amides is 1. The highest BCUT2D eigenvalue weighted by Crippen LogP contribution is 2.11. The zero-order valence-corrected chi connectivity index (χ0v) is 8.01. The second-order valence-corrected chi connectivity index (χ2v) is 2.97. The number of rotatable bonds is 4. The summed E-state index contributed by atoms with van der Waals surface area (Å²) in [6.45, 7) is -0.670. The Morgan fingerprint density at radius 2 is 1.93 bits per heavy atom. The molecule has 0 heterocycles. The molecule has 80 valence electrons. The summed E-state index contributed by atoms with van der Waals surface area (Å²) in [6.07, 6.45) is 0. The van der Waals surface area contributed by atoms with E-state index < -0.39 is 24.5 Å². The standard InChI is InChI=1S/C10H12N2O3/c11-10(15)9(12-8(14)6-13)7-4-2-1-3-5-7/h1-5,9,13H,6H2,(H2,11,15)(H,12,14). The molecule has 0 aliphatic carbocycles. The Hall–Kier alpha value is -1.88. The van der Waals surface area contributed by atoms with Gasteiger partial charge in [0.25, 0.3) is 0 Å². The molecule has 0 aromatic heterocycles. The number of nitrogens with two attached hydrogens (primary N) is 1. The molecule has 0 saturated heterocycles. The van der Waals surface area contributed by atoms with Gasteiger partial charge in [0.1, 0.15) is 12.6 Å². The number of aliphatic hydroxyl groups excluding tert-OH is 1. The van der Waals surface area contributed by atoms with Gasteiger partial charge in [0, 0.05) is 0 Å². The van der Waals surface area contributed by atoms with Gasteiger partial charge in [0.2, 0.25) is 11.8 Å². The maximum Gasteiger partial charge on any atom is 0.246 e. The number of nitrogens with one attached hydrogen (secondary N) is 1. The van der Waals surface area contributed by atoms with E-state index in [-0.39, 0.29) is 0 Å². The van der Waals surface area contributed by atoms with Crippen LogP contribution in [-0.4, -0.2) is 23.5 Å². The molecule has 1 atom stereocenters. The Bertz CT molecular complexity index is 351. The van der Waals surface area contributed by atoms with Crippen molar-refractivity contribution in [2.24, 2.45) is 5.73 Å². The van der Waals surface area contributed by atoms with E-state index >= 15 is 0 Å². The van der Waals surface area contributed by atoms with Crippen LogP contribution in [0.3, 0.4) is 0 Å². The van der Waals surface area contributed by atoms with Crippen LogP contribution >= 0.6 is 0 Å². The predicted molar refractivity (Wildman–Crippen MR) is 53.6 cm³/mol. The first-order valence-corrected chi connectivity index (χ1v) is 4.39. The van der Waals surface area contributed by atoms with Crippen molar-refractivity contribution in [3.63, 3.8) is 0 Å². The highest BCUT2D eigenvalue weighted by atomic mass is 16.3. The maximum absolute atomic E-state index is 11.1. The van der Waals surface area contributed by atoms with Gasteiger partial charge in [-0.3, -0.25) is 9.59 Å². The number of aliphatic hydroxyl groups is 1. The Balaban J connectivity index is 2.84. The van der Waals surface area contributed by atoms with Gasteiger partial charge < -0.3 is 16.2 Å². The first-order valence-electron chi connectivity index (χ1n) is 4.39. The summed E-state index contributed by atoms with van der Waals surface area (Å²) in [7, 11) is 0. The molecule has 0 aliphatic rings. The number of hydrogen-bond donors (Lipinski definition) is 3. The lowest BCUT2D eigenvalue weighted by atomic mass is 10.1. The molecule has 1 unspecified atom stereocenters. The fourth-order valence-electron chi connectivity index (χ4n) is 1.17. The van der Waals surface area contributed by atoms with Crippen LogP contribution in [0.1, 0.15) is 11.6 Å². The van der Waals surface area contributed by atoms with Crippen molar-refractivity contribution in [3.05, 3.63) is 35.9 Å². The molecule has 5 nitrogen and oxygen atoms in total. The molecular formula is C10H12N2O3. The molecule has 2 amide bonds. The summed E-state index contributed by atoms with van der Waals surface area (Å²) in [4.78, 5) is 22.0. The molecule has 0 spiro atoms. The average Bonchev–Trinajstić information content (AvgIpc) is 2.26. The largest absolute Gasteiger partial charge is 0.387 e. The van der Waals surface area contributed by atoms with Crippen molar-refractivity contribution < 1.29 is 14.7 Å². The highest BCUT2D eigenvalue weighted by Gasteiger charge is 2.18. The Labute approximate surface area is 86.9 Å². The van der Waals surface area contributed by atoms with Crippen LogP contribution in [0, 0.1) is 0 Å². The zero-order valence-electron chi connectivity index (χ0n) is 8.01. The summed E-state index contributed by atoms with van der Waals surface area (Å²) < 4.78 is 0. The van der Waals surface area contributed by atoms with Crippen LogP contribution < -0.4 is 11.1 Å². The van der Waals surface area contributed by atoms with Crippen LogP contribution in [0.25, 0.3) is 0 Å². The molecule has 0 bridgehead atoms. The number of carbonyl (C=O) groups is 2. The molecule has 5 heteroatoms. The van der Waals surface area contributed by atoms with Crippen LogP contribution in [0.15, 0.2) is 30.3 Å². The van der Waals surface area contributed by atoms with Gasteiger partial charge in [0.15, 0.2) is 0 Å². The summed E-state index contributed by atoms with van der Waals surface area (Å²) in [5.41, 5.74) is 5.73. The van der Waals surface area contributed by atoms with Crippen LogP contribution in [-0.2, 0) is 9.59 Å². The van der Waals surface area contributed by atoms with Crippen molar-refractivity contribution in [1.82, 2.24) is 5.32 Å². The molecule has 0 fully saturated rings. The van der Waals surface area contributed by atoms with Gasteiger partial charge in [-0.15, -0.1) is 0 Å². The van der Waals surface area contributed by atoms with E-state index in [9.17, 15) is 9.59 Å². The topological polar surface area (TPSA) is 92.4 Å². The van der Waals surface area contributed by atoms with E-state index in [1.165, 1.54) is 0 Å². The number of amides is 2. The molecular weight excluding hydrogens is 196 g/mol. The van der Waals surface area contributed by atoms with Crippen molar-refractivity contribution in [2.45, 2.75) is 6.04 Å². The molecule has 1 aromatic rings. The molecule has 0 radical (unpaired) electrons. The van der Waals surface area contributed by atoms with Crippen LogP contribution in [0.5, 0.6) is 0 Å². The minimum absolute atomic E-state index is 0.590. The smallest absolute Gasteiger partial charge is 0.246 e. The normalized spacial score (nSPS) is 11.8. The molecule has 4 N–H and O–H groups in total. The lowest BCUT2D eigenvalue weighted by molar-refractivity contribution is -0.129. The molecule has 1 rings (SSSR count). The van der Waals surface area contributed by atoms with Crippen molar-refractivity contribution in [2.75, 3.05) is 6.61 Å². The molecule has 1 aromatic carbocycles. The Morgan fingerprint density at radius 1 is 1.33 bits per heavy atom. The van der Waals surface area contributed by atoms with Gasteiger partial charge in [-0.05, 0) is 5.56 Å². The molecule has 0 saturated carbocycles. The van der Waals surface area contributed by atoms with Crippen molar-refractivity contribution in [3.8, 4) is 0 Å². The van der Waals surface area contributed by atoms with Gasteiger partial charge in [-0.1, -0.05) is 30.3 Å². The predicted octanol–water partition coefficient (Wildman–Crippen LogP) is -0.678. The summed E-state index contributed by atoms with van der Waals surface area (Å²) in [5, 5.41) is 10.9. The fraction of sp³-hybridized carbons (Fsp3) is 0.200. The van der Waals surface area contributed by atoms with Crippen LogP contribution in [0.2, 0.25) is 0 Å². The van der Waals surface area contributed by atoms with Crippen LogP contribution in [0.4, 0.5) is 0 Å². The average molecular weight is 208 g/mol. The third-order valence-electron chi connectivity index (χ3n) is 1.87. The second-order valence-electron chi connectivity index (χ2n) is 2.97. The quantitative estimate of drug-likeness (QED) is 0.612. The third-order valence-corrected chi connectivity index (χ3v) is 1.87. The van der Waals surface area contributed by atoms with E-state index in [0.29, 0.717) is 5.56 Å². The van der Waals surface area contributed by atoms with E-state index in [2.05, 4.69) is 5.32 Å². The van der Waals surface area contributed by atoms with E-state index in [0.717, 1.165) is 0 Å². The van der Waals surface area contributed by atoms with Gasteiger partial charge >= 0.3 is 0 Å². The lowest BCUT2D eigenvalue weighted by Crippen LogP contribution is -2.38. The lowest BCUT2D eigenvalue weighted by Gasteiger charge is -2.14. The van der Waals surface area contributed by atoms with E-state index in [1.54, 1.807) is 30.3 Å². The monoisotopic (exact) mass is 208 g/mol.